The highest BCUT2D eigenvalue weighted by atomic mass is 16.6. The third-order valence-corrected chi connectivity index (χ3v) is 4.29. The van der Waals surface area contributed by atoms with Crippen LogP contribution in [0.25, 0.3) is 10.8 Å². The van der Waals surface area contributed by atoms with E-state index in [2.05, 4.69) is 10.3 Å². The molecule has 1 aliphatic heterocycles. The zero-order chi connectivity index (χ0) is 18.8. The lowest BCUT2D eigenvalue weighted by Crippen LogP contribution is -2.34. The fourth-order valence-corrected chi connectivity index (χ4v) is 2.95. The number of nitrogens with zero attached hydrogens (tertiary/aromatic N) is 1. The van der Waals surface area contributed by atoms with E-state index in [0.29, 0.717) is 30.3 Å². The van der Waals surface area contributed by atoms with E-state index in [-0.39, 0.29) is 5.69 Å². The third kappa shape index (κ3) is 3.39. The van der Waals surface area contributed by atoms with E-state index >= 15 is 0 Å². The number of amides is 1. The summed E-state index contributed by atoms with van der Waals surface area (Å²) in [5.41, 5.74) is 0.540. The molecule has 0 saturated heterocycles. The van der Waals surface area contributed by atoms with Gasteiger partial charge < -0.3 is 19.9 Å². The summed E-state index contributed by atoms with van der Waals surface area (Å²) in [5, 5.41) is 14.0. The molecule has 0 radical (unpaired) electrons. The van der Waals surface area contributed by atoms with Gasteiger partial charge in [0.1, 0.15) is 18.9 Å². The highest BCUT2D eigenvalue weighted by Crippen LogP contribution is 2.29. The lowest BCUT2D eigenvalue weighted by molar-refractivity contribution is -0.139. The number of carboxylic acid groups (broad SMARTS) is 1. The first-order valence-electron chi connectivity index (χ1n) is 8.40. The molecule has 7 nitrogen and oxygen atoms in total. The summed E-state index contributed by atoms with van der Waals surface area (Å²) >= 11 is 0. The van der Waals surface area contributed by atoms with Crippen molar-refractivity contribution in [1.29, 1.82) is 0 Å². The molecule has 1 atom stereocenters. The first kappa shape index (κ1) is 16.8. The first-order valence-corrected chi connectivity index (χ1v) is 8.40. The van der Waals surface area contributed by atoms with Crippen LogP contribution in [0.15, 0.2) is 54.7 Å². The molecule has 0 spiro atoms. The molecule has 2 N–H and O–H groups in total. The highest BCUT2D eigenvalue weighted by Gasteiger charge is 2.24. The Morgan fingerprint density at radius 3 is 2.52 bits per heavy atom. The van der Waals surface area contributed by atoms with Crippen LogP contribution in [-0.2, 0) is 4.79 Å². The monoisotopic (exact) mass is 364 g/mol. The molecule has 1 amide bonds. The highest BCUT2D eigenvalue weighted by molar-refractivity contribution is 5.96. The van der Waals surface area contributed by atoms with Crippen molar-refractivity contribution in [3.05, 3.63) is 66.0 Å². The maximum atomic E-state index is 12.5. The van der Waals surface area contributed by atoms with Gasteiger partial charge in [-0.05, 0) is 22.4 Å². The van der Waals surface area contributed by atoms with Crippen molar-refractivity contribution in [2.24, 2.45) is 0 Å². The van der Waals surface area contributed by atoms with Gasteiger partial charge in [-0.1, -0.05) is 36.4 Å². The van der Waals surface area contributed by atoms with Gasteiger partial charge in [-0.15, -0.1) is 0 Å². The minimum atomic E-state index is -1.20. The second-order valence-corrected chi connectivity index (χ2v) is 6.06. The lowest BCUT2D eigenvalue weighted by atomic mass is 10.0. The minimum absolute atomic E-state index is 0.0614. The van der Waals surface area contributed by atoms with E-state index in [4.69, 9.17) is 9.47 Å². The quantitative estimate of drug-likeness (QED) is 0.738. The topological polar surface area (TPSA) is 97.8 Å². The molecule has 4 rings (SSSR count). The molecule has 0 aliphatic carbocycles. The van der Waals surface area contributed by atoms with Gasteiger partial charge in [-0.25, -0.2) is 9.78 Å². The van der Waals surface area contributed by atoms with Gasteiger partial charge in [0, 0.05) is 6.07 Å². The van der Waals surface area contributed by atoms with Crippen LogP contribution in [-0.4, -0.2) is 35.2 Å². The summed E-state index contributed by atoms with van der Waals surface area (Å²) in [6.07, 6.45) is 1.40. The third-order valence-electron chi connectivity index (χ3n) is 4.29. The average Bonchev–Trinajstić information content (AvgIpc) is 2.71. The molecule has 0 bridgehead atoms. The summed E-state index contributed by atoms with van der Waals surface area (Å²) in [6.45, 7) is 0.802. The van der Waals surface area contributed by atoms with E-state index in [0.717, 1.165) is 10.8 Å². The van der Waals surface area contributed by atoms with E-state index < -0.39 is 17.9 Å². The van der Waals surface area contributed by atoms with Gasteiger partial charge in [0.25, 0.3) is 5.91 Å². The van der Waals surface area contributed by atoms with Crippen LogP contribution in [0.4, 0.5) is 0 Å². The number of carbonyl (C=O) groups is 2. The number of carbonyl (C=O) groups excluding carboxylic acids is 1. The molecule has 136 valence electrons. The average molecular weight is 364 g/mol. The van der Waals surface area contributed by atoms with Crippen LogP contribution in [0.5, 0.6) is 11.5 Å². The van der Waals surface area contributed by atoms with Crippen molar-refractivity contribution in [1.82, 2.24) is 10.3 Å². The Morgan fingerprint density at radius 2 is 1.74 bits per heavy atom. The molecule has 27 heavy (non-hydrogen) atoms. The number of fused-ring (bicyclic) bond motifs is 2. The van der Waals surface area contributed by atoms with Crippen molar-refractivity contribution in [2.75, 3.05) is 13.2 Å². The number of aliphatic carboxylic acids is 1. The van der Waals surface area contributed by atoms with Gasteiger partial charge >= 0.3 is 5.97 Å². The Labute approximate surface area is 154 Å². The number of aromatic nitrogens is 1. The standard InChI is InChI=1S/C20H16N2O5/c23-19(15-10-16-17(11-21-15)27-8-7-26-16)22-18(20(24)25)14-6-5-12-3-1-2-4-13(12)9-14/h1-6,9-11,18H,7-8H2,(H,22,23)(H,24,25). The number of carboxylic acids is 1. The number of benzene rings is 2. The van der Waals surface area contributed by atoms with Crippen molar-refractivity contribution in [3.63, 3.8) is 0 Å². The normalized spacial score (nSPS) is 13.8. The SMILES string of the molecule is O=C(NC(C(=O)O)c1ccc2ccccc2c1)c1cc2c(cn1)OCCO2. The maximum Gasteiger partial charge on any atom is 0.330 e. The summed E-state index contributed by atoms with van der Waals surface area (Å²) in [6, 6.07) is 13.1. The summed E-state index contributed by atoms with van der Waals surface area (Å²) < 4.78 is 10.8. The molecular formula is C20H16N2O5. The minimum Gasteiger partial charge on any atom is -0.486 e. The van der Waals surface area contributed by atoms with Crippen molar-refractivity contribution in [3.8, 4) is 11.5 Å². The predicted molar refractivity (Wildman–Crippen MR) is 97.0 cm³/mol. The van der Waals surface area contributed by atoms with Gasteiger partial charge in [-0.3, -0.25) is 4.79 Å². The zero-order valence-corrected chi connectivity index (χ0v) is 14.2. The largest absolute Gasteiger partial charge is 0.486 e. The van der Waals surface area contributed by atoms with Crippen LogP contribution in [0.3, 0.4) is 0 Å². The molecule has 1 unspecified atom stereocenters. The number of hydrogen-bond acceptors (Lipinski definition) is 5. The number of nitrogens with one attached hydrogen (secondary N) is 1. The molecule has 3 aromatic rings. The number of rotatable bonds is 4. The second-order valence-electron chi connectivity index (χ2n) is 6.06. The summed E-state index contributed by atoms with van der Waals surface area (Å²) in [7, 11) is 0. The molecule has 1 aliphatic rings. The van der Waals surface area contributed by atoms with Crippen LogP contribution in [0.2, 0.25) is 0 Å². The Morgan fingerprint density at radius 1 is 1.00 bits per heavy atom. The lowest BCUT2D eigenvalue weighted by Gasteiger charge is -2.19. The van der Waals surface area contributed by atoms with E-state index in [1.165, 1.54) is 12.3 Å². The van der Waals surface area contributed by atoms with Crippen LogP contribution in [0.1, 0.15) is 22.1 Å². The van der Waals surface area contributed by atoms with Crippen LogP contribution >= 0.6 is 0 Å². The molecule has 2 heterocycles. The number of ether oxygens (including phenoxy) is 2. The van der Waals surface area contributed by atoms with Crippen LogP contribution in [0, 0.1) is 0 Å². The van der Waals surface area contributed by atoms with Crippen molar-refractivity contribution in [2.45, 2.75) is 6.04 Å². The zero-order valence-electron chi connectivity index (χ0n) is 14.2. The van der Waals surface area contributed by atoms with Gasteiger partial charge in [0.05, 0.1) is 6.20 Å². The predicted octanol–water partition coefficient (Wildman–Crippen LogP) is 2.56. The fraction of sp³-hybridized carbons (Fsp3) is 0.150. The maximum absolute atomic E-state index is 12.5. The van der Waals surface area contributed by atoms with E-state index in [1.54, 1.807) is 12.1 Å². The van der Waals surface area contributed by atoms with E-state index in [9.17, 15) is 14.7 Å². The smallest absolute Gasteiger partial charge is 0.330 e. The Balaban J connectivity index is 1.61. The van der Waals surface area contributed by atoms with Crippen molar-refractivity contribution >= 4 is 22.6 Å². The fourth-order valence-electron chi connectivity index (χ4n) is 2.95. The summed E-state index contributed by atoms with van der Waals surface area (Å²) in [5.74, 6) is -0.884. The van der Waals surface area contributed by atoms with Crippen LogP contribution < -0.4 is 14.8 Å². The molecule has 2 aromatic carbocycles. The van der Waals surface area contributed by atoms with E-state index in [1.807, 2.05) is 30.3 Å². The molecule has 0 saturated carbocycles. The molecule has 1 aromatic heterocycles. The first-order chi connectivity index (χ1) is 13.1. The Kier molecular flexibility index (Phi) is 4.33. The Bertz CT molecular complexity index is 1030. The summed E-state index contributed by atoms with van der Waals surface area (Å²) in [4.78, 5) is 28.3. The molecule has 0 fully saturated rings. The Hall–Kier alpha value is -3.61. The van der Waals surface area contributed by atoms with Gasteiger partial charge in [0.15, 0.2) is 17.5 Å². The number of hydrogen-bond donors (Lipinski definition) is 2. The molecule has 7 heteroatoms. The van der Waals surface area contributed by atoms with Gasteiger partial charge in [-0.2, -0.15) is 0 Å². The second kappa shape index (κ2) is 6.95. The van der Waals surface area contributed by atoms with Gasteiger partial charge in [0.2, 0.25) is 0 Å². The van der Waals surface area contributed by atoms with Crippen molar-refractivity contribution < 1.29 is 24.2 Å². The molecular weight excluding hydrogens is 348 g/mol. The number of pyridine rings is 1.